The summed E-state index contributed by atoms with van der Waals surface area (Å²) in [5, 5.41) is 3.62. The van der Waals surface area contributed by atoms with E-state index >= 15 is 0 Å². The zero-order chi connectivity index (χ0) is 13.7. The van der Waals surface area contributed by atoms with Crippen LogP contribution in [0.1, 0.15) is 40.0 Å². The maximum Gasteiger partial charge on any atom is 0.0939 e. The van der Waals surface area contributed by atoms with Gasteiger partial charge in [0.15, 0.2) is 0 Å². The zero-order valence-electron chi connectivity index (χ0n) is 12.6. The van der Waals surface area contributed by atoms with Crippen LogP contribution >= 0.6 is 0 Å². The van der Waals surface area contributed by atoms with Gasteiger partial charge in [-0.2, -0.15) is 0 Å². The Bertz CT molecular complexity index is 266. The molecule has 0 aromatic carbocycles. The van der Waals surface area contributed by atoms with E-state index in [4.69, 9.17) is 14.2 Å². The van der Waals surface area contributed by atoms with E-state index in [0.29, 0.717) is 12.0 Å². The molecule has 4 atom stereocenters. The molecular formula is C15H29NO3. The van der Waals surface area contributed by atoms with Crippen LogP contribution in [0.25, 0.3) is 0 Å². The molecule has 19 heavy (non-hydrogen) atoms. The van der Waals surface area contributed by atoms with E-state index in [9.17, 15) is 0 Å². The molecule has 112 valence electrons. The fourth-order valence-corrected chi connectivity index (χ4v) is 3.55. The number of hydrogen-bond donors (Lipinski definition) is 1. The van der Waals surface area contributed by atoms with Crippen molar-refractivity contribution < 1.29 is 14.2 Å². The van der Waals surface area contributed by atoms with Gasteiger partial charge < -0.3 is 19.5 Å². The van der Waals surface area contributed by atoms with Gasteiger partial charge in [-0.15, -0.1) is 0 Å². The average Bonchev–Trinajstić information content (AvgIpc) is 2.84. The predicted molar refractivity (Wildman–Crippen MR) is 75.4 cm³/mol. The van der Waals surface area contributed by atoms with Gasteiger partial charge in [0.25, 0.3) is 0 Å². The largest absolute Gasteiger partial charge is 0.378 e. The topological polar surface area (TPSA) is 39.7 Å². The molecule has 2 aliphatic rings. The lowest BCUT2D eigenvalue weighted by Crippen LogP contribution is -2.51. The van der Waals surface area contributed by atoms with Crippen LogP contribution in [0.15, 0.2) is 0 Å². The molecule has 0 bridgehead atoms. The monoisotopic (exact) mass is 271 g/mol. The third-order valence-corrected chi connectivity index (χ3v) is 4.48. The minimum atomic E-state index is -0.0114. The van der Waals surface area contributed by atoms with Crippen molar-refractivity contribution in [2.75, 3.05) is 33.0 Å². The lowest BCUT2D eigenvalue weighted by molar-refractivity contribution is -0.111. The lowest BCUT2D eigenvalue weighted by atomic mass is 9.79. The quantitative estimate of drug-likeness (QED) is 0.802. The molecule has 2 saturated heterocycles. The second-order valence-electron chi connectivity index (χ2n) is 5.83. The number of hydrogen-bond acceptors (Lipinski definition) is 4. The van der Waals surface area contributed by atoms with E-state index in [0.717, 1.165) is 52.2 Å². The summed E-state index contributed by atoms with van der Waals surface area (Å²) in [4.78, 5) is 0. The summed E-state index contributed by atoms with van der Waals surface area (Å²) < 4.78 is 17.4. The van der Waals surface area contributed by atoms with E-state index in [1.54, 1.807) is 0 Å². The van der Waals surface area contributed by atoms with Crippen molar-refractivity contribution in [2.45, 2.75) is 57.8 Å². The number of ether oxygens (including phenoxy) is 3. The number of rotatable bonds is 6. The highest BCUT2D eigenvalue weighted by molar-refractivity contribution is 4.95. The smallest absolute Gasteiger partial charge is 0.0939 e. The van der Waals surface area contributed by atoms with Gasteiger partial charge >= 0.3 is 0 Å². The van der Waals surface area contributed by atoms with Gasteiger partial charge in [-0.25, -0.2) is 0 Å². The van der Waals surface area contributed by atoms with Gasteiger partial charge in [-0.05, 0) is 39.2 Å². The number of nitrogens with one attached hydrogen (secondary N) is 1. The Hall–Kier alpha value is -0.160. The van der Waals surface area contributed by atoms with Crippen LogP contribution in [0, 0.1) is 5.92 Å². The van der Waals surface area contributed by atoms with E-state index in [1.165, 1.54) is 0 Å². The van der Waals surface area contributed by atoms with Crippen LogP contribution in [0.5, 0.6) is 0 Å². The van der Waals surface area contributed by atoms with Crippen LogP contribution in [0.2, 0.25) is 0 Å². The SMILES string of the molecule is CCNC(C1CCOC2(CCOC2)C1)C(C)OCC. The molecule has 0 amide bonds. The molecule has 0 aromatic heterocycles. The van der Waals surface area contributed by atoms with Gasteiger partial charge in [-0.1, -0.05) is 6.92 Å². The van der Waals surface area contributed by atoms with Gasteiger partial charge in [-0.3, -0.25) is 0 Å². The van der Waals surface area contributed by atoms with Gasteiger partial charge in [0.05, 0.1) is 18.3 Å². The van der Waals surface area contributed by atoms with Crippen molar-refractivity contribution in [3.8, 4) is 0 Å². The summed E-state index contributed by atoms with van der Waals surface area (Å²) in [6, 6.07) is 0.423. The molecule has 4 nitrogen and oxygen atoms in total. The van der Waals surface area contributed by atoms with E-state index in [2.05, 4.69) is 26.1 Å². The Morgan fingerprint density at radius 2 is 2.21 bits per heavy atom. The Morgan fingerprint density at radius 3 is 2.84 bits per heavy atom. The summed E-state index contributed by atoms with van der Waals surface area (Å²) >= 11 is 0. The summed E-state index contributed by atoms with van der Waals surface area (Å²) in [6.45, 7) is 10.7. The highest BCUT2D eigenvalue weighted by atomic mass is 16.6. The molecule has 2 heterocycles. The molecule has 4 unspecified atom stereocenters. The Morgan fingerprint density at radius 1 is 1.37 bits per heavy atom. The summed E-state index contributed by atoms with van der Waals surface area (Å²) in [7, 11) is 0. The fraction of sp³-hybridized carbons (Fsp3) is 1.00. The minimum Gasteiger partial charge on any atom is -0.378 e. The first-order valence-electron chi connectivity index (χ1n) is 7.77. The van der Waals surface area contributed by atoms with E-state index in [-0.39, 0.29) is 11.7 Å². The first-order chi connectivity index (χ1) is 9.21. The molecular weight excluding hydrogens is 242 g/mol. The van der Waals surface area contributed by atoms with Crippen molar-refractivity contribution in [3.05, 3.63) is 0 Å². The Balaban J connectivity index is 1.99. The lowest BCUT2D eigenvalue weighted by Gasteiger charge is -2.42. The minimum absolute atomic E-state index is 0.0114. The molecule has 2 aliphatic heterocycles. The molecule has 1 N–H and O–H groups in total. The molecule has 0 aliphatic carbocycles. The third-order valence-electron chi connectivity index (χ3n) is 4.48. The fourth-order valence-electron chi connectivity index (χ4n) is 3.55. The second-order valence-corrected chi connectivity index (χ2v) is 5.83. The van der Waals surface area contributed by atoms with Crippen molar-refractivity contribution >= 4 is 0 Å². The molecule has 1 spiro atoms. The summed E-state index contributed by atoms with van der Waals surface area (Å²) in [6.07, 6.45) is 3.52. The first kappa shape index (κ1) is 15.2. The van der Waals surface area contributed by atoms with E-state index in [1.807, 2.05) is 0 Å². The summed E-state index contributed by atoms with van der Waals surface area (Å²) in [5.74, 6) is 0.622. The molecule has 0 radical (unpaired) electrons. The van der Waals surface area contributed by atoms with Gasteiger partial charge in [0.2, 0.25) is 0 Å². The molecule has 2 rings (SSSR count). The van der Waals surface area contributed by atoms with Crippen molar-refractivity contribution in [2.24, 2.45) is 5.92 Å². The van der Waals surface area contributed by atoms with E-state index < -0.39 is 0 Å². The normalized spacial score (nSPS) is 34.6. The van der Waals surface area contributed by atoms with Crippen molar-refractivity contribution in [1.82, 2.24) is 5.32 Å². The van der Waals surface area contributed by atoms with Crippen LogP contribution in [0.4, 0.5) is 0 Å². The Labute approximate surface area is 117 Å². The average molecular weight is 271 g/mol. The molecule has 4 heteroatoms. The van der Waals surface area contributed by atoms with Crippen LogP contribution in [-0.4, -0.2) is 50.7 Å². The highest BCUT2D eigenvalue weighted by Crippen LogP contribution is 2.37. The molecule has 0 aromatic rings. The van der Waals surface area contributed by atoms with Gasteiger partial charge in [0.1, 0.15) is 0 Å². The Kier molecular flexibility index (Phi) is 5.63. The van der Waals surface area contributed by atoms with Crippen LogP contribution in [0.3, 0.4) is 0 Å². The van der Waals surface area contributed by atoms with Crippen molar-refractivity contribution in [3.63, 3.8) is 0 Å². The second kappa shape index (κ2) is 7.02. The van der Waals surface area contributed by atoms with Crippen molar-refractivity contribution in [1.29, 1.82) is 0 Å². The predicted octanol–water partition coefficient (Wildman–Crippen LogP) is 1.98. The third kappa shape index (κ3) is 3.69. The maximum atomic E-state index is 6.03. The summed E-state index contributed by atoms with van der Waals surface area (Å²) in [5.41, 5.74) is -0.0114. The highest BCUT2D eigenvalue weighted by Gasteiger charge is 2.43. The first-order valence-corrected chi connectivity index (χ1v) is 7.77. The van der Waals surface area contributed by atoms with Crippen LogP contribution < -0.4 is 5.32 Å². The molecule has 2 fully saturated rings. The molecule has 0 saturated carbocycles. The number of likely N-dealkylation sites (N-methyl/N-ethyl adjacent to an activating group) is 1. The maximum absolute atomic E-state index is 6.03. The standard InChI is InChI=1S/C15H29NO3/c1-4-16-14(12(3)18-5-2)13-6-8-19-15(10-13)7-9-17-11-15/h12-14,16H,4-11H2,1-3H3. The van der Waals surface area contributed by atoms with Gasteiger partial charge in [0, 0.05) is 32.3 Å². The van der Waals surface area contributed by atoms with Crippen LogP contribution in [-0.2, 0) is 14.2 Å². The zero-order valence-corrected chi connectivity index (χ0v) is 12.6.